The molecule has 148 valence electrons. The molecular weight excluding hydrogens is 362 g/mol. The van der Waals surface area contributed by atoms with Gasteiger partial charge in [-0.25, -0.2) is 4.79 Å². The summed E-state index contributed by atoms with van der Waals surface area (Å²) in [4.78, 5) is 23.9. The highest BCUT2D eigenvalue weighted by atomic mass is 16.5. The molecule has 0 spiro atoms. The Hall–Kier alpha value is -2.90. The Morgan fingerprint density at radius 1 is 1.21 bits per heavy atom. The minimum absolute atomic E-state index is 0.0819. The van der Waals surface area contributed by atoms with Gasteiger partial charge in [0, 0.05) is 25.0 Å². The molecule has 2 aromatic rings. The summed E-state index contributed by atoms with van der Waals surface area (Å²) < 4.78 is 16.3. The van der Waals surface area contributed by atoms with Gasteiger partial charge in [0.05, 0.1) is 18.3 Å². The normalized spacial score (nSPS) is 16.0. The van der Waals surface area contributed by atoms with Crippen LogP contribution in [0.1, 0.15) is 39.1 Å². The van der Waals surface area contributed by atoms with Gasteiger partial charge in [-0.3, -0.25) is 4.79 Å². The Kier molecular flexibility index (Phi) is 6.62. The Labute approximate surface area is 163 Å². The van der Waals surface area contributed by atoms with Gasteiger partial charge < -0.3 is 24.6 Å². The molecule has 2 N–H and O–H groups in total. The van der Waals surface area contributed by atoms with Crippen molar-refractivity contribution in [1.29, 1.82) is 0 Å². The van der Waals surface area contributed by atoms with E-state index in [0.29, 0.717) is 29.2 Å². The fourth-order valence-corrected chi connectivity index (χ4v) is 3.03. The molecule has 7 heteroatoms. The Morgan fingerprint density at radius 3 is 2.79 bits per heavy atom. The molecule has 28 heavy (non-hydrogen) atoms. The predicted molar refractivity (Wildman–Crippen MR) is 103 cm³/mol. The molecular formula is C21H23NO6. The number of amides is 1. The molecule has 0 aromatic heterocycles. The number of carboxylic acid groups (broad SMARTS) is 1. The first-order valence-electron chi connectivity index (χ1n) is 9.07. The van der Waals surface area contributed by atoms with Crippen molar-refractivity contribution < 1.29 is 28.9 Å². The van der Waals surface area contributed by atoms with Gasteiger partial charge in [0.25, 0.3) is 5.91 Å². The minimum atomic E-state index is -1.07. The van der Waals surface area contributed by atoms with Crippen LogP contribution in [0.25, 0.3) is 0 Å². The minimum Gasteiger partial charge on any atom is -0.491 e. The maximum atomic E-state index is 12.6. The summed E-state index contributed by atoms with van der Waals surface area (Å²) >= 11 is 0. The van der Waals surface area contributed by atoms with Crippen molar-refractivity contribution in [2.45, 2.75) is 25.6 Å². The number of carbonyl (C=O) groups is 2. The first-order valence-corrected chi connectivity index (χ1v) is 9.07. The summed E-state index contributed by atoms with van der Waals surface area (Å²) in [6.07, 6.45) is 2.11. The average Bonchev–Trinajstić information content (AvgIpc) is 3.20. The average molecular weight is 385 g/mol. The second-order valence-electron chi connectivity index (χ2n) is 6.58. The third-order valence-corrected chi connectivity index (χ3v) is 4.36. The van der Waals surface area contributed by atoms with E-state index in [1.165, 1.54) is 19.2 Å². The number of carbonyl (C=O) groups excluding carboxylic acids is 1. The second kappa shape index (κ2) is 9.34. The molecule has 1 aliphatic rings. The van der Waals surface area contributed by atoms with Gasteiger partial charge >= 0.3 is 5.97 Å². The molecule has 3 rings (SSSR count). The molecule has 1 aliphatic heterocycles. The van der Waals surface area contributed by atoms with Crippen molar-refractivity contribution in [1.82, 2.24) is 0 Å². The predicted octanol–water partition coefficient (Wildman–Crippen LogP) is 3.34. The fraction of sp³-hybridized carbons (Fsp3) is 0.333. The van der Waals surface area contributed by atoms with Crippen LogP contribution in [0.5, 0.6) is 5.75 Å². The van der Waals surface area contributed by atoms with Crippen LogP contribution >= 0.6 is 0 Å². The second-order valence-corrected chi connectivity index (χ2v) is 6.58. The van der Waals surface area contributed by atoms with E-state index < -0.39 is 5.97 Å². The SMILES string of the molecule is COCc1cc(NC(=O)c2cccc(OCC3CCCO3)c2)cc(C(=O)O)c1. The summed E-state index contributed by atoms with van der Waals surface area (Å²) in [6.45, 7) is 1.46. The van der Waals surface area contributed by atoms with Crippen LogP contribution < -0.4 is 10.1 Å². The third kappa shape index (κ3) is 5.31. The Bertz CT molecular complexity index is 845. The van der Waals surface area contributed by atoms with Crippen molar-refractivity contribution in [3.8, 4) is 5.75 Å². The lowest BCUT2D eigenvalue weighted by Crippen LogP contribution is -2.17. The first-order chi connectivity index (χ1) is 13.5. The Balaban J connectivity index is 1.70. The van der Waals surface area contributed by atoms with Crippen LogP contribution in [0.4, 0.5) is 5.69 Å². The first kappa shape index (κ1) is 19.9. The number of hydrogen-bond donors (Lipinski definition) is 2. The molecule has 2 aromatic carbocycles. The molecule has 1 saturated heterocycles. The smallest absolute Gasteiger partial charge is 0.335 e. The zero-order valence-corrected chi connectivity index (χ0v) is 15.6. The summed E-state index contributed by atoms with van der Waals surface area (Å²) in [5, 5.41) is 12.0. The topological polar surface area (TPSA) is 94.1 Å². The fourth-order valence-electron chi connectivity index (χ4n) is 3.03. The number of nitrogens with one attached hydrogen (secondary N) is 1. The van der Waals surface area contributed by atoms with Crippen molar-refractivity contribution in [3.05, 3.63) is 59.2 Å². The summed E-state index contributed by atoms with van der Waals surface area (Å²) in [6, 6.07) is 11.5. The number of aromatic carboxylic acids is 1. The summed E-state index contributed by atoms with van der Waals surface area (Å²) in [7, 11) is 1.52. The molecule has 1 amide bonds. The van der Waals surface area contributed by atoms with Crippen LogP contribution in [0, 0.1) is 0 Å². The molecule has 0 saturated carbocycles. The molecule has 1 heterocycles. The third-order valence-electron chi connectivity index (χ3n) is 4.36. The van der Waals surface area contributed by atoms with Crippen LogP contribution in [-0.2, 0) is 16.1 Å². The zero-order chi connectivity index (χ0) is 19.9. The highest BCUT2D eigenvalue weighted by molar-refractivity contribution is 6.05. The van der Waals surface area contributed by atoms with Gasteiger partial charge in [0.1, 0.15) is 12.4 Å². The number of anilines is 1. The largest absolute Gasteiger partial charge is 0.491 e. The molecule has 7 nitrogen and oxygen atoms in total. The Morgan fingerprint density at radius 2 is 2.07 bits per heavy atom. The van der Waals surface area contributed by atoms with Crippen LogP contribution in [0.3, 0.4) is 0 Å². The van der Waals surface area contributed by atoms with Crippen LogP contribution in [-0.4, -0.2) is 43.4 Å². The summed E-state index contributed by atoms with van der Waals surface area (Å²) in [5.74, 6) is -0.839. The summed E-state index contributed by atoms with van der Waals surface area (Å²) in [5.41, 5.74) is 1.55. The van der Waals surface area contributed by atoms with Crippen molar-refractivity contribution >= 4 is 17.6 Å². The highest BCUT2D eigenvalue weighted by Crippen LogP contribution is 2.20. The van der Waals surface area contributed by atoms with Gasteiger partial charge in [-0.05, 0) is 54.8 Å². The van der Waals surface area contributed by atoms with Gasteiger partial charge in [0.2, 0.25) is 0 Å². The lowest BCUT2D eigenvalue weighted by molar-refractivity contribution is 0.0679. The monoisotopic (exact) mass is 385 g/mol. The van der Waals surface area contributed by atoms with Gasteiger partial charge in [-0.15, -0.1) is 0 Å². The quantitative estimate of drug-likeness (QED) is 0.724. The number of hydrogen-bond acceptors (Lipinski definition) is 5. The standard InChI is InChI=1S/C21H23NO6/c1-26-12-14-8-16(21(24)25)10-17(9-14)22-20(23)15-4-2-5-18(11-15)28-13-19-6-3-7-27-19/h2,4-5,8-11,19H,3,6-7,12-13H2,1H3,(H,22,23)(H,24,25). The van der Waals surface area contributed by atoms with E-state index in [4.69, 9.17) is 14.2 Å². The van der Waals surface area contributed by atoms with Crippen molar-refractivity contribution in [3.63, 3.8) is 0 Å². The number of benzene rings is 2. The van der Waals surface area contributed by atoms with Crippen LogP contribution in [0.2, 0.25) is 0 Å². The zero-order valence-electron chi connectivity index (χ0n) is 15.6. The van der Waals surface area contributed by atoms with Crippen molar-refractivity contribution in [2.24, 2.45) is 0 Å². The van der Waals surface area contributed by atoms with Crippen LogP contribution in [0.15, 0.2) is 42.5 Å². The molecule has 0 bridgehead atoms. The van der Waals surface area contributed by atoms with Crippen molar-refractivity contribution in [2.75, 3.05) is 25.6 Å². The molecule has 1 unspecified atom stereocenters. The molecule has 0 aliphatic carbocycles. The highest BCUT2D eigenvalue weighted by Gasteiger charge is 2.16. The lowest BCUT2D eigenvalue weighted by Gasteiger charge is -2.13. The van der Waals surface area contributed by atoms with E-state index in [1.54, 1.807) is 30.3 Å². The molecule has 1 atom stereocenters. The molecule has 1 fully saturated rings. The van der Waals surface area contributed by atoms with E-state index in [0.717, 1.165) is 19.4 Å². The van der Waals surface area contributed by atoms with Gasteiger partial charge in [-0.1, -0.05) is 6.07 Å². The maximum Gasteiger partial charge on any atom is 0.335 e. The van der Waals surface area contributed by atoms with Gasteiger partial charge in [-0.2, -0.15) is 0 Å². The van der Waals surface area contributed by atoms with E-state index in [9.17, 15) is 14.7 Å². The maximum absolute atomic E-state index is 12.6. The van der Waals surface area contributed by atoms with E-state index in [1.807, 2.05) is 0 Å². The number of rotatable bonds is 8. The molecule has 0 radical (unpaired) electrons. The number of ether oxygens (including phenoxy) is 3. The van der Waals surface area contributed by atoms with Gasteiger partial charge in [0.15, 0.2) is 0 Å². The number of methoxy groups -OCH3 is 1. The number of carboxylic acids is 1. The van der Waals surface area contributed by atoms with E-state index in [-0.39, 0.29) is 24.2 Å². The van der Waals surface area contributed by atoms with E-state index >= 15 is 0 Å². The van der Waals surface area contributed by atoms with E-state index in [2.05, 4.69) is 5.32 Å². The lowest BCUT2D eigenvalue weighted by atomic mass is 10.1.